The summed E-state index contributed by atoms with van der Waals surface area (Å²) in [6, 6.07) is 28.0. The van der Waals surface area contributed by atoms with Gasteiger partial charge >= 0.3 is 0 Å². The Balaban J connectivity index is 1.28. The zero-order chi connectivity index (χ0) is 24.0. The number of amides is 1. The summed E-state index contributed by atoms with van der Waals surface area (Å²) < 4.78 is 6.03. The largest absolute Gasteiger partial charge is 0.491 e. The van der Waals surface area contributed by atoms with Crippen LogP contribution in [0.4, 0.5) is 0 Å². The fourth-order valence-electron chi connectivity index (χ4n) is 5.19. The van der Waals surface area contributed by atoms with Gasteiger partial charge in [0.05, 0.1) is 6.54 Å². The molecule has 5 heteroatoms. The van der Waals surface area contributed by atoms with Crippen molar-refractivity contribution in [1.82, 2.24) is 14.7 Å². The highest BCUT2D eigenvalue weighted by Gasteiger charge is 2.27. The van der Waals surface area contributed by atoms with Gasteiger partial charge in [-0.2, -0.15) is 0 Å². The molecule has 0 N–H and O–H groups in total. The van der Waals surface area contributed by atoms with Crippen molar-refractivity contribution in [2.24, 2.45) is 0 Å². The molecule has 0 bridgehead atoms. The second-order valence-electron chi connectivity index (χ2n) is 9.75. The summed E-state index contributed by atoms with van der Waals surface area (Å²) in [5.41, 5.74) is 4.96. The van der Waals surface area contributed by atoms with Gasteiger partial charge in [0.2, 0.25) is 5.91 Å². The monoisotopic (exact) mass is 469 g/mol. The Morgan fingerprint density at radius 2 is 1.69 bits per heavy atom. The predicted molar refractivity (Wildman–Crippen MR) is 139 cm³/mol. The lowest BCUT2D eigenvalue weighted by Crippen LogP contribution is -2.46. The van der Waals surface area contributed by atoms with Crippen LogP contribution in [0.2, 0.25) is 0 Å². The van der Waals surface area contributed by atoms with Gasteiger partial charge in [-0.15, -0.1) is 0 Å². The highest BCUT2D eigenvalue weighted by atomic mass is 16.5. The molecule has 5 rings (SSSR count). The Labute approximate surface area is 208 Å². The van der Waals surface area contributed by atoms with Crippen molar-refractivity contribution in [3.8, 4) is 5.75 Å². The molecule has 5 nitrogen and oxygen atoms in total. The number of carbonyl (C=O) groups excluding carboxylic acids is 1. The van der Waals surface area contributed by atoms with E-state index < -0.39 is 0 Å². The summed E-state index contributed by atoms with van der Waals surface area (Å²) in [4.78, 5) is 20.0. The van der Waals surface area contributed by atoms with Gasteiger partial charge < -0.3 is 14.5 Å². The first kappa shape index (κ1) is 23.6. The van der Waals surface area contributed by atoms with Gasteiger partial charge in [0.25, 0.3) is 0 Å². The van der Waals surface area contributed by atoms with Crippen LogP contribution in [-0.4, -0.2) is 60.4 Å². The van der Waals surface area contributed by atoms with Crippen molar-refractivity contribution in [3.63, 3.8) is 0 Å². The third kappa shape index (κ3) is 5.92. The molecular weight excluding hydrogens is 434 g/mol. The van der Waals surface area contributed by atoms with E-state index in [0.29, 0.717) is 32.2 Å². The molecular formula is C30H35N3O2. The molecule has 2 aliphatic rings. The highest BCUT2D eigenvalue weighted by Crippen LogP contribution is 2.29. The van der Waals surface area contributed by atoms with Gasteiger partial charge in [0.15, 0.2) is 0 Å². The van der Waals surface area contributed by atoms with E-state index in [9.17, 15) is 4.79 Å². The second-order valence-corrected chi connectivity index (χ2v) is 9.75. The van der Waals surface area contributed by atoms with Crippen LogP contribution < -0.4 is 4.74 Å². The Kier molecular flexibility index (Phi) is 7.45. The van der Waals surface area contributed by atoms with Crippen LogP contribution in [0, 0.1) is 0 Å². The molecule has 2 heterocycles. The lowest BCUT2D eigenvalue weighted by Gasteiger charge is -2.40. The summed E-state index contributed by atoms with van der Waals surface area (Å²) in [6.45, 7) is 5.81. The quantitative estimate of drug-likeness (QED) is 0.532. The fraction of sp³-hybridized carbons (Fsp3) is 0.367. The van der Waals surface area contributed by atoms with Crippen LogP contribution in [0.1, 0.15) is 34.7 Å². The lowest BCUT2D eigenvalue weighted by atomic mass is 10.0. The third-order valence-electron chi connectivity index (χ3n) is 7.19. The van der Waals surface area contributed by atoms with E-state index in [0.717, 1.165) is 43.9 Å². The van der Waals surface area contributed by atoms with Crippen molar-refractivity contribution in [2.75, 3.05) is 39.8 Å². The van der Waals surface area contributed by atoms with Gasteiger partial charge in [-0.1, -0.05) is 66.7 Å². The van der Waals surface area contributed by atoms with E-state index in [-0.39, 0.29) is 5.91 Å². The molecule has 0 unspecified atom stereocenters. The predicted octanol–water partition coefficient (Wildman–Crippen LogP) is 4.53. The van der Waals surface area contributed by atoms with Crippen LogP contribution in [0.3, 0.4) is 0 Å². The molecule has 182 valence electrons. The van der Waals surface area contributed by atoms with Crippen molar-refractivity contribution in [1.29, 1.82) is 0 Å². The smallest absolute Gasteiger partial charge is 0.223 e. The zero-order valence-corrected chi connectivity index (χ0v) is 20.6. The highest BCUT2D eigenvalue weighted by molar-refractivity contribution is 5.76. The molecule has 0 saturated carbocycles. The number of aryl methyl sites for hydroxylation is 1. The van der Waals surface area contributed by atoms with Crippen LogP contribution in [0.25, 0.3) is 0 Å². The number of piperazine rings is 1. The number of benzene rings is 3. The normalized spacial score (nSPS) is 19.0. The Bertz CT molecular complexity index is 1120. The van der Waals surface area contributed by atoms with E-state index >= 15 is 0 Å². The standard InChI is InChI=1S/C30H35N3O2/c1-31-16-17-32(28(23-31)26-10-6-3-7-11-26)21-25-12-14-29-27(20-25)22-33(18-19-35-29)30(34)15-13-24-8-4-2-5-9-24/h2-12,14,20,28H,13,15-19,21-23H2,1H3/t28-/m1/s1. The molecule has 1 saturated heterocycles. The van der Waals surface area contributed by atoms with Crippen LogP contribution in [0.15, 0.2) is 78.9 Å². The molecule has 1 atom stereocenters. The number of ether oxygens (including phenoxy) is 1. The molecule has 35 heavy (non-hydrogen) atoms. The molecule has 3 aromatic carbocycles. The lowest BCUT2D eigenvalue weighted by molar-refractivity contribution is -0.131. The maximum Gasteiger partial charge on any atom is 0.223 e. The van der Waals surface area contributed by atoms with Gasteiger partial charge in [-0.25, -0.2) is 0 Å². The average molecular weight is 470 g/mol. The summed E-state index contributed by atoms with van der Waals surface area (Å²) in [7, 11) is 2.20. The first-order chi connectivity index (χ1) is 17.2. The van der Waals surface area contributed by atoms with Crippen molar-refractivity contribution >= 4 is 5.91 Å². The van der Waals surface area contributed by atoms with Crippen molar-refractivity contribution in [2.45, 2.75) is 32.0 Å². The van der Waals surface area contributed by atoms with Crippen LogP contribution >= 0.6 is 0 Å². The molecule has 0 aromatic heterocycles. The SMILES string of the molecule is CN1CCN(Cc2ccc3c(c2)CN(C(=O)CCc2ccccc2)CCO3)[C@@H](c2ccccc2)C1. The first-order valence-electron chi connectivity index (χ1n) is 12.7. The first-order valence-corrected chi connectivity index (χ1v) is 12.7. The Morgan fingerprint density at radius 1 is 0.914 bits per heavy atom. The van der Waals surface area contributed by atoms with Crippen LogP contribution in [0.5, 0.6) is 5.75 Å². The van der Waals surface area contributed by atoms with E-state index in [4.69, 9.17) is 4.74 Å². The minimum Gasteiger partial charge on any atom is -0.491 e. The number of rotatable bonds is 6. The summed E-state index contributed by atoms with van der Waals surface area (Å²) in [5, 5.41) is 0. The van der Waals surface area contributed by atoms with Gasteiger partial charge in [0, 0.05) is 50.7 Å². The molecule has 0 spiro atoms. The van der Waals surface area contributed by atoms with Crippen molar-refractivity contribution in [3.05, 3.63) is 101 Å². The van der Waals surface area contributed by atoms with Gasteiger partial charge in [-0.3, -0.25) is 9.69 Å². The van der Waals surface area contributed by atoms with Gasteiger partial charge in [0.1, 0.15) is 12.4 Å². The second kappa shape index (κ2) is 11.1. The van der Waals surface area contributed by atoms with Gasteiger partial charge in [-0.05, 0) is 42.3 Å². The molecule has 0 radical (unpaired) electrons. The summed E-state index contributed by atoms with van der Waals surface area (Å²) in [5.74, 6) is 1.10. The number of nitrogens with zero attached hydrogens (tertiary/aromatic N) is 3. The molecule has 0 aliphatic carbocycles. The number of carbonyl (C=O) groups is 1. The van der Waals surface area contributed by atoms with E-state index in [1.54, 1.807) is 0 Å². The number of fused-ring (bicyclic) bond motifs is 1. The van der Waals surface area contributed by atoms with Crippen LogP contribution in [-0.2, 0) is 24.3 Å². The number of hydrogen-bond donors (Lipinski definition) is 0. The Hall–Kier alpha value is -3.15. The number of hydrogen-bond acceptors (Lipinski definition) is 4. The fourth-order valence-corrected chi connectivity index (χ4v) is 5.19. The Morgan fingerprint density at radius 3 is 2.49 bits per heavy atom. The third-order valence-corrected chi connectivity index (χ3v) is 7.19. The van der Waals surface area contributed by atoms with E-state index in [1.165, 1.54) is 16.7 Å². The molecule has 2 aliphatic heterocycles. The zero-order valence-electron chi connectivity index (χ0n) is 20.6. The minimum atomic E-state index is 0.193. The minimum absolute atomic E-state index is 0.193. The average Bonchev–Trinajstić information content (AvgIpc) is 3.12. The molecule has 1 fully saturated rings. The van der Waals surface area contributed by atoms with Crippen molar-refractivity contribution < 1.29 is 9.53 Å². The van der Waals surface area contributed by atoms with E-state index in [2.05, 4.69) is 77.5 Å². The maximum atomic E-state index is 13.0. The topological polar surface area (TPSA) is 36.0 Å². The number of likely N-dealkylation sites (N-methyl/N-ethyl adjacent to an activating group) is 1. The molecule has 1 amide bonds. The summed E-state index contributed by atoms with van der Waals surface area (Å²) in [6.07, 6.45) is 1.30. The summed E-state index contributed by atoms with van der Waals surface area (Å²) >= 11 is 0. The molecule has 3 aromatic rings. The van der Waals surface area contributed by atoms with E-state index in [1.807, 2.05) is 23.1 Å². The maximum absolute atomic E-state index is 13.0.